The third-order valence-corrected chi connectivity index (χ3v) is 3.66. The van der Waals surface area contributed by atoms with E-state index >= 15 is 0 Å². The van der Waals surface area contributed by atoms with E-state index in [1.165, 1.54) is 18.4 Å². The number of allylic oxidation sites excluding steroid dienone is 1. The largest absolute Gasteiger partial charge is 0.289 e. The van der Waals surface area contributed by atoms with Gasteiger partial charge in [-0.2, -0.15) is 0 Å². The average molecular weight is 212 g/mol. The number of aromatic nitrogens is 1. The summed E-state index contributed by atoms with van der Waals surface area (Å²) in [6, 6.07) is 6.63. The van der Waals surface area contributed by atoms with Crippen LogP contribution in [0.3, 0.4) is 0 Å². The van der Waals surface area contributed by atoms with Crippen molar-refractivity contribution in [2.24, 2.45) is 16.8 Å². The second-order valence-electron chi connectivity index (χ2n) is 4.89. The van der Waals surface area contributed by atoms with Crippen molar-refractivity contribution >= 4 is 11.8 Å². The molecule has 2 nitrogen and oxygen atoms in total. The van der Waals surface area contributed by atoms with Crippen molar-refractivity contribution in [2.45, 2.75) is 25.8 Å². The Bertz CT molecular complexity index is 433. The molecule has 2 heterocycles. The van der Waals surface area contributed by atoms with E-state index in [1.54, 1.807) is 0 Å². The zero-order chi connectivity index (χ0) is 11.0. The van der Waals surface area contributed by atoms with Gasteiger partial charge >= 0.3 is 0 Å². The monoisotopic (exact) mass is 212 g/mol. The highest BCUT2D eigenvalue weighted by atomic mass is 14.8. The van der Waals surface area contributed by atoms with Crippen LogP contribution in [0, 0.1) is 11.8 Å². The van der Waals surface area contributed by atoms with Crippen LogP contribution in [0.5, 0.6) is 0 Å². The van der Waals surface area contributed by atoms with Crippen molar-refractivity contribution in [3.05, 3.63) is 36.2 Å². The van der Waals surface area contributed by atoms with Crippen LogP contribution in [-0.4, -0.2) is 17.2 Å². The molecule has 1 aromatic rings. The molecule has 1 aromatic heterocycles. The highest BCUT2D eigenvalue weighted by Crippen LogP contribution is 2.42. The van der Waals surface area contributed by atoms with Crippen molar-refractivity contribution in [3.8, 4) is 0 Å². The molecule has 82 valence electrons. The van der Waals surface area contributed by atoms with Crippen molar-refractivity contribution in [1.29, 1.82) is 0 Å². The van der Waals surface area contributed by atoms with Gasteiger partial charge < -0.3 is 0 Å². The normalized spacial score (nSPS) is 32.3. The lowest BCUT2D eigenvalue weighted by atomic mass is 9.89. The summed E-state index contributed by atoms with van der Waals surface area (Å²) in [7, 11) is 0. The van der Waals surface area contributed by atoms with Gasteiger partial charge in [-0.15, -0.1) is 0 Å². The Kier molecular flexibility index (Phi) is 2.35. The lowest BCUT2D eigenvalue weighted by molar-refractivity contribution is 0.590. The second kappa shape index (κ2) is 3.85. The number of dihydropyridines is 1. The molecule has 3 atom stereocenters. The Morgan fingerprint density at radius 2 is 2.19 bits per heavy atom. The molecule has 3 unspecified atom stereocenters. The molecule has 2 heteroatoms. The van der Waals surface area contributed by atoms with Crippen molar-refractivity contribution in [2.75, 3.05) is 0 Å². The van der Waals surface area contributed by atoms with Gasteiger partial charge in [0.2, 0.25) is 0 Å². The fourth-order valence-corrected chi connectivity index (χ4v) is 2.93. The molecule has 0 bridgehead atoms. The van der Waals surface area contributed by atoms with E-state index < -0.39 is 0 Å². The second-order valence-corrected chi connectivity index (χ2v) is 4.89. The van der Waals surface area contributed by atoms with E-state index in [0.29, 0.717) is 12.0 Å². The maximum absolute atomic E-state index is 4.59. The third-order valence-electron chi connectivity index (χ3n) is 3.66. The number of hydrogen-bond donors (Lipinski definition) is 0. The molecule has 0 saturated heterocycles. The number of fused-ring (bicyclic) bond motifs is 1. The van der Waals surface area contributed by atoms with Gasteiger partial charge in [0.1, 0.15) is 0 Å². The molecule has 0 N–H and O–H groups in total. The van der Waals surface area contributed by atoms with Crippen molar-refractivity contribution in [1.82, 2.24) is 4.98 Å². The first kappa shape index (κ1) is 9.76. The SMILES string of the molecule is CC1CC2N=CC=C(c3ccccn3)C2C1. The summed E-state index contributed by atoms with van der Waals surface area (Å²) in [6.45, 7) is 2.32. The molecule has 2 aliphatic rings. The minimum Gasteiger partial charge on any atom is -0.289 e. The Hall–Kier alpha value is -1.44. The van der Waals surface area contributed by atoms with Crippen LogP contribution in [0.2, 0.25) is 0 Å². The van der Waals surface area contributed by atoms with Crippen LogP contribution in [0.15, 0.2) is 35.5 Å². The minimum absolute atomic E-state index is 0.497. The van der Waals surface area contributed by atoms with Crippen LogP contribution < -0.4 is 0 Å². The van der Waals surface area contributed by atoms with E-state index in [9.17, 15) is 0 Å². The molecule has 1 fully saturated rings. The lowest BCUT2D eigenvalue weighted by Gasteiger charge is -2.21. The number of nitrogens with zero attached hydrogens (tertiary/aromatic N) is 2. The summed E-state index contributed by atoms with van der Waals surface area (Å²) >= 11 is 0. The van der Waals surface area contributed by atoms with Gasteiger partial charge in [-0.05, 0) is 42.5 Å². The predicted molar refractivity (Wildman–Crippen MR) is 66.4 cm³/mol. The van der Waals surface area contributed by atoms with Gasteiger partial charge in [0, 0.05) is 18.3 Å². The lowest BCUT2D eigenvalue weighted by Crippen LogP contribution is -2.17. The molecule has 0 spiro atoms. The number of pyridine rings is 1. The zero-order valence-electron chi connectivity index (χ0n) is 9.50. The topological polar surface area (TPSA) is 25.2 Å². The summed E-state index contributed by atoms with van der Waals surface area (Å²) in [5.74, 6) is 1.38. The van der Waals surface area contributed by atoms with Gasteiger partial charge in [-0.1, -0.05) is 13.0 Å². The van der Waals surface area contributed by atoms with Crippen LogP contribution >= 0.6 is 0 Å². The van der Waals surface area contributed by atoms with E-state index in [-0.39, 0.29) is 0 Å². The summed E-state index contributed by atoms with van der Waals surface area (Å²) in [5.41, 5.74) is 2.50. The molecule has 16 heavy (non-hydrogen) atoms. The summed E-state index contributed by atoms with van der Waals surface area (Å²) in [6.07, 6.45) is 8.45. The quantitative estimate of drug-likeness (QED) is 0.702. The number of aliphatic imine (C=N–C) groups is 1. The van der Waals surface area contributed by atoms with Gasteiger partial charge in [0.05, 0.1) is 11.7 Å². The summed E-state index contributed by atoms with van der Waals surface area (Å²) in [4.78, 5) is 9.05. The highest BCUT2D eigenvalue weighted by Gasteiger charge is 2.35. The van der Waals surface area contributed by atoms with E-state index in [2.05, 4.69) is 35.1 Å². The summed E-state index contributed by atoms with van der Waals surface area (Å²) in [5, 5.41) is 0. The maximum Gasteiger partial charge on any atom is 0.0665 e. The minimum atomic E-state index is 0.497. The van der Waals surface area contributed by atoms with Crippen molar-refractivity contribution < 1.29 is 0 Å². The van der Waals surface area contributed by atoms with E-state index in [4.69, 9.17) is 0 Å². The third kappa shape index (κ3) is 1.58. The highest BCUT2D eigenvalue weighted by molar-refractivity contribution is 5.86. The van der Waals surface area contributed by atoms with E-state index in [1.807, 2.05) is 18.5 Å². The fraction of sp³-hybridized carbons (Fsp3) is 0.429. The Morgan fingerprint density at radius 1 is 1.25 bits per heavy atom. The Balaban J connectivity index is 1.96. The summed E-state index contributed by atoms with van der Waals surface area (Å²) < 4.78 is 0. The van der Waals surface area contributed by atoms with Gasteiger partial charge in [0.15, 0.2) is 0 Å². The van der Waals surface area contributed by atoms with E-state index in [0.717, 1.165) is 11.6 Å². The molecule has 1 saturated carbocycles. The first-order valence-corrected chi connectivity index (χ1v) is 5.99. The molecule has 0 aromatic carbocycles. The van der Waals surface area contributed by atoms with Gasteiger partial charge in [-0.3, -0.25) is 9.98 Å². The van der Waals surface area contributed by atoms with Crippen LogP contribution in [-0.2, 0) is 0 Å². The maximum atomic E-state index is 4.59. The van der Waals surface area contributed by atoms with Gasteiger partial charge in [0.25, 0.3) is 0 Å². The fourth-order valence-electron chi connectivity index (χ4n) is 2.93. The smallest absolute Gasteiger partial charge is 0.0665 e. The number of rotatable bonds is 1. The van der Waals surface area contributed by atoms with Crippen LogP contribution in [0.1, 0.15) is 25.5 Å². The Morgan fingerprint density at radius 3 is 3.00 bits per heavy atom. The number of hydrogen-bond acceptors (Lipinski definition) is 2. The molecule has 3 rings (SSSR count). The van der Waals surface area contributed by atoms with Gasteiger partial charge in [-0.25, -0.2) is 0 Å². The first-order chi connectivity index (χ1) is 7.84. The van der Waals surface area contributed by atoms with Crippen LogP contribution in [0.25, 0.3) is 5.57 Å². The molecule has 0 amide bonds. The van der Waals surface area contributed by atoms with Crippen molar-refractivity contribution in [3.63, 3.8) is 0 Å². The molecule has 1 aliphatic carbocycles. The Labute approximate surface area is 96.1 Å². The predicted octanol–water partition coefficient (Wildman–Crippen LogP) is 2.96. The zero-order valence-corrected chi connectivity index (χ0v) is 9.50. The average Bonchev–Trinajstić information content (AvgIpc) is 2.70. The van der Waals surface area contributed by atoms with Crippen LogP contribution in [0.4, 0.5) is 0 Å². The first-order valence-electron chi connectivity index (χ1n) is 5.99. The standard InChI is InChI=1S/C14H16N2/c1-10-8-12-11(5-7-16-14(12)9-10)13-4-2-3-6-15-13/h2-7,10,12,14H,8-9H2,1H3. The molecule has 1 aliphatic heterocycles. The molecular weight excluding hydrogens is 196 g/mol. The molecule has 0 radical (unpaired) electrons. The molecular formula is C14H16N2.